The van der Waals surface area contributed by atoms with Gasteiger partial charge < -0.3 is 15.2 Å². The summed E-state index contributed by atoms with van der Waals surface area (Å²) in [6, 6.07) is 2.72. The smallest absolute Gasteiger partial charge is 0.225 e. The average molecular weight is 221 g/mol. The summed E-state index contributed by atoms with van der Waals surface area (Å²) >= 11 is 0. The van der Waals surface area contributed by atoms with E-state index in [0.29, 0.717) is 18.6 Å². The van der Waals surface area contributed by atoms with Crippen molar-refractivity contribution in [2.75, 3.05) is 0 Å². The normalized spacial score (nSPS) is 31.9. The molecule has 3 unspecified atom stereocenters. The van der Waals surface area contributed by atoms with Gasteiger partial charge >= 0.3 is 0 Å². The van der Waals surface area contributed by atoms with Crippen molar-refractivity contribution in [3.63, 3.8) is 0 Å². The molecule has 0 radical (unpaired) electrons. The lowest BCUT2D eigenvalue weighted by Gasteiger charge is -2.18. The van der Waals surface area contributed by atoms with Crippen molar-refractivity contribution >= 4 is 5.91 Å². The Hall–Kier alpha value is -1.36. The topological polar surface area (TPSA) is 67.2 Å². The molecule has 0 saturated carbocycles. The summed E-state index contributed by atoms with van der Waals surface area (Å²) in [5.74, 6) is 0.286. The zero-order valence-corrected chi connectivity index (χ0v) is 8.98. The van der Waals surface area contributed by atoms with Crippen LogP contribution >= 0.6 is 0 Å². The van der Waals surface area contributed by atoms with Gasteiger partial charge in [0.05, 0.1) is 12.5 Å². The van der Waals surface area contributed by atoms with E-state index in [1.165, 1.54) is 12.7 Å². The lowest BCUT2D eigenvalue weighted by molar-refractivity contribution is -0.125. The standard InChI is InChI=1S/C11H15N3O2/c15-11(12-6-8-3-4-16-14-8)9-5-7-1-2-10(9)13-7/h3-4,7,9-10,13H,1-2,5-6H2,(H,12,15). The molecular formula is C11H15N3O2. The highest BCUT2D eigenvalue weighted by Crippen LogP contribution is 2.33. The summed E-state index contributed by atoms with van der Waals surface area (Å²) in [6.07, 6.45) is 4.85. The molecule has 3 rings (SSSR count). The first kappa shape index (κ1) is 9.84. The quantitative estimate of drug-likeness (QED) is 0.776. The third-order valence-electron chi connectivity index (χ3n) is 3.57. The molecule has 2 fully saturated rings. The molecule has 1 aromatic rings. The SMILES string of the molecule is O=C(NCc1ccon1)C1CC2CCC1N2. The first-order valence-electron chi connectivity index (χ1n) is 5.76. The summed E-state index contributed by atoms with van der Waals surface area (Å²) in [7, 11) is 0. The van der Waals surface area contributed by atoms with Crippen LogP contribution in [0.5, 0.6) is 0 Å². The Morgan fingerprint density at radius 2 is 2.56 bits per heavy atom. The molecule has 5 nitrogen and oxygen atoms in total. The zero-order valence-electron chi connectivity index (χ0n) is 8.98. The number of fused-ring (bicyclic) bond motifs is 2. The first-order valence-corrected chi connectivity index (χ1v) is 5.76. The van der Waals surface area contributed by atoms with Gasteiger partial charge in [0, 0.05) is 18.2 Å². The van der Waals surface area contributed by atoms with Gasteiger partial charge in [0.25, 0.3) is 0 Å². The van der Waals surface area contributed by atoms with Crippen LogP contribution in [0.15, 0.2) is 16.9 Å². The zero-order chi connectivity index (χ0) is 11.0. The molecule has 2 aliphatic heterocycles. The number of nitrogens with one attached hydrogen (secondary N) is 2. The maximum atomic E-state index is 11.9. The van der Waals surface area contributed by atoms with Gasteiger partial charge in [0.1, 0.15) is 12.0 Å². The van der Waals surface area contributed by atoms with Crippen LogP contribution in [0.4, 0.5) is 0 Å². The third kappa shape index (κ3) is 1.71. The predicted molar refractivity (Wildman–Crippen MR) is 56.4 cm³/mol. The molecule has 3 atom stereocenters. The first-order chi connectivity index (χ1) is 7.83. The maximum Gasteiger partial charge on any atom is 0.225 e. The van der Waals surface area contributed by atoms with Crippen molar-refractivity contribution in [3.05, 3.63) is 18.0 Å². The predicted octanol–water partition coefficient (Wildman–Crippen LogP) is 0.431. The van der Waals surface area contributed by atoms with Gasteiger partial charge in [-0.1, -0.05) is 5.16 Å². The lowest BCUT2D eigenvalue weighted by Crippen LogP contribution is -2.37. The molecule has 0 spiro atoms. The van der Waals surface area contributed by atoms with Gasteiger partial charge in [-0.2, -0.15) is 0 Å². The van der Waals surface area contributed by atoms with Crippen LogP contribution in [-0.4, -0.2) is 23.1 Å². The van der Waals surface area contributed by atoms with E-state index < -0.39 is 0 Å². The highest BCUT2D eigenvalue weighted by atomic mass is 16.5. The van der Waals surface area contributed by atoms with Gasteiger partial charge in [-0.05, 0) is 19.3 Å². The second-order valence-corrected chi connectivity index (χ2v) is 4.60. The van der Waals surface area contributed by atoms with Crippen LogP contribution in [0.1, 0.15) is 25.0 Å². The number of carbonyl (C=O) groups is 1. The summed E-state index contributed by atoms with van der Waals surface area (Å²) in [5, 5.41) is 10.1. The van der Waals surface area contributed by atoms with E-state index in [9.17, 15) is 4.79 Å². The number of hydrogen-bond donors (Lipinski definition) is 2. The van der Waals surface area contributed by atoms with Gasteiger partial charge in [-0.3, -0.25) is 4.79 Å². The molecular weight excluding hydrogens is 206 g/mol. The van der Waals surface area contributed by atoms with Crippen molar-refractivity contribution in [2.24, 2.45) is 5.92 Å². The Balaban J connectivity index is 1.54. The number of hydrogen-bond acceptors (Lipinski definition) is 4. The number of amides is 1. The second kappa shape index (κ2) is 3.90. The summed E-state index contributed by atoms with van der Waals surface area (Å²) < 4.78 is 4.71. The van der Waals surface area contributed by atoms with Crippen LogP contribution in [0.3, 0.4) is 0 Å². The monoisotopic (exact) mass is 221 g/mol. The molecule has 3 heterocycles. The summed E-state index contributed by atoms with van der Waals surface area (Å²) in [5.41, 5.74) is 0.768. The molecule has 0 aliphatic carbocycles. The maximum absolute atomic E-state index is 11.9. The van der Waals surface area contributed by atoms with Crippen LogP contribution in [0.2, 0.25) is 0 Å². The summed E-state index contributed by atoms with van der Waals surface area (Å²) in [4.78, 5) is 11.9. The highest BCUT2D eigenvalue weighted by Gasteiger charge is 2.42. The van der Waals surface area contributed by atoms with E-state index in [4.69, 9.17) is 4.52 Å². The molecule has 2 saturated heterocycles. The number of carbonyl (C=O) groups excluding carboxylic acids is 1. The van der Waals surface area contributed by atoms with Crippen molar-refractivity contribution in [2.45, 2.75) is 37.9 Å². The fourth-order valence-corrected chi connectivity index (χ4v) is 2.75. The Kier molecular flexibility index (Phi) is 2.40. The van der Waals surface area contributed by atoms with E-state index in [1.807, 2.05) is 0 Å². The summed E-state index contributed by atoms with van der Waals surface area (Å²) in [6.45, 7) is 0.462. The van der Waals surface area contributed by atoms with Gasteiger partial charge in [-0.25, -0.2) is 0 Å². The van der Waals surface area contributed by atoms with E-state index in [-0.39, 0.29) is 11.8 Å². The minimum Gasteiger partial charge on any atom is -0.364 e. The highest BCUT2D eigenvalue weighted by molar-refractivity contribution is 5.80. The molecule has 1 aromatic heterocycles. The average Bonchev–Trinajstić information content (AvgIpc) is 3.01. The van der Waals surface area contributed by atoms with E-state index in [1.54, 1.807) is 6.07 Å². The Morgan fingerprint density at radius 1 is 1.62 bits per heavy atom. The minimum absolute atomic E-state index is 0.141. The molecule has 86 valence electrons. The van der Waals surface area contributed by atoms with Crippen LogP contribution in [0, 0.1) is 5.92 Å². The van der Waals surface area contributed by atoms with E-state index in [2.05, 4.69) is 15.8 Å². The van der Waals surface area contributed by atoms with Crippen molar-refractivity contribution in [3.8, 4) is 0 Å². The Morgan fingerprint density at radius 3 is 3.19 bits per heavy atom. The van der Waals surface area contributed by atoms with E-state index >= 15 is 0 Å². The van der Waals surface area contributed by atoms with Crippen LogP contribution in [-0.2, 0) is 11.3 Å². The number of nitrogens with zero attached hydrogens (tertiary/aromatic N) is 1. The van der Waals surface area contributed by atoms with Crippen molar-refractivity contribution in [1.82, 2.24) is 15.8 Å². The fourth-order valence-electron chi connectivity index (χ4n) is 2.75. The molecule has 2 N–H and O–H groups in total. The number of aromatic nitrogens is 1. The van der Waals surface area contributed by atoms with Gasteiger partial charge in [-0.15, -0.1) is 0 Å². The Bertz CT molecular complexity index is 377. The van der Waals surface area contributed by atoms with Crippen LogP contribution < -0.4 is 10.6 Å². The molecule has 2 bridgehead atoms. The Labute approximate surface area is 93.6 Å². The molecule has 16 heavy (non-hydrogen) atoms. The van der Waals surface area contributed by atoms with Crippen molar-refractivity contribution < 1.29 is 9.32 Å². The molecule has 2 aliphatic rings. The fraction of sp³-hybridized carbons (Fsp3) is 0.636. The van der Waals surface area contributed by atoms with Crippen LogP contribution in [0.25, 0.3) is 0 Å². The number of rotatable bonds is 3. The molecule has 0 aromatic carbocycles. The van der Waals surface area contributed by atoms with Crippen molar-refractivity contribution in [1.29, 1.82) is 0 Å². The second-order valence-electron chi connectivity index (χ2n) is 4.60. The molecule has 5 heteroatoms. The van der Waals surface area contributed by atoms with Gasteiger partial charge in [0.2, 0.25) is 5.91 Å². The van der Waals surface area contributed by atoms with E-state index in [0.717, 1.165) is 18.5 Å². The largest absolute Gasteiger partial charge is 0.364 e. The molecule has 1 amide bonds. The van der Waals surface area contributed by atoms with Gasteiger partial charge in [0.15, 0.2) is 0 Å². The third-order valence-corrected chi connectivity index (χ3v) is 3.57. The minimum atomic E-state index is 0.141. The lowest BCUT2D eigenvalue weighted by atomic mass is 9.88.